The number of imidazole rings is 1. The molecule has 1 fully saturated rings. The lowest BCUT2D eigenvalue weighted by Crippen LogP contribution is -2.45. The van der Waals surface area contributed by atoms with Gasteiger partial charge in [0.25, 0.3) is 5.91 Å². The molecule has 2 aromatic heterocycles. The van der Waals surface area contributed by atoms with Gasteiger partial charge < -0.3 is 24.8 Å². The summed E-state index contributed by atoms with van der Waals surface area (Å²) in [5, 5.41) is 5.53. The summed E-state index contributed by atoms with van der Waals surface area (Å²) in [5.74, 6) is -0.108. The molecule has 214 valence electrons. The number of carbonyl (C=O) groups excluding carboxylic acids is 1. The van der Waals surface area contributed by atoms with Crippen molar-refractivity contribution in [2.45, 2.75) is 57.4 Å². The number of hydrogen-bond donors (Lipinski definition) is 2. The number of fused-ring (bicyclic) bond motifs is 2. The minimum atomic E-state index is -4.35. The molecule has 1 atom stereocenters. The third kappa shape index (κ3) is 5.49. The summed E-state index contributed by atoms with van der Waals surface area (Å²) in [6.45, 7) is 3.53. The van der Waals surface area contributed by atoms with Crippen molar-refractivity contribution in [3.63, 3.8) is 0 Å². The van der Waals surface area contributed by atoms with Crippen LogP contribution in [-0.2, 0) is 18.5 Å². The molecule has 1 aliphatic heterocycles. The number of alkyl halides is 3. The van der Waals surface area contributed by atoms with Crippen molar-refractivity contribution in [3.05, 3.63) is 70.6 Å². The van der Waals surface area contributed by atoms with Gasteiger partial charge >= 0.3 is 6.18 Å². The smallest absolute Gasteiger partial charge is 0.401 e. The van der Waals surface area contributed by atoms with E-state index >= 15 is 0 Å². The summed E-state index contributed by atoms with van der Waals surface area (Å²) < 4.78 is 60.3. The van der Waals surface area contributed by atoms with Crippen molar-refractivity contribution in [2.75, 3.05) is 32.1 Å². The van der Waals surface area contributed by atoms with Crippen molar-refractivity contribution < 1.29 is 27.1 Å². The Balaban J connectivity index is 1.53. The summed E-state index contributed by atoms with van der Waals surface area (Å²) in [4.78, 5) is 24.3. The molecule has 0 radical (unpaired) electrons. The number of halogens is 4. The fraction of sp³-hybridized carbons (Fsp3) is 0.464. The zero-order chi connectivity index (χ0) is 28.7. The normalized spacial score (nSPS) is 16.7. The molecule has 3 heterocycles. The fourth-order valence-electron chi connectivity index (χ4n) is 5.59. The maximum atomic E-state index is 14.2. The van der Waals surface area contributed by atoms with Gasteiger partial charge in [0.05, 0.1) is 37.6 Å². The maximum Gasteiger partial charge on any atom is 0.401 e. The van der Waals surface area contributed by atoms with Crippen molar-refractivity contribution in [2.24, 2.45) is 0 Å². The predicted molar refractivity (Wildman–Crippen MR) is 141 cm³/mol. The van der Waals surface area contributed by atoms with E-state index in [2.05, 4.69) is 20.6 Å². The highest BCUT2D eigenvalue weighted by atomic mass is 19.4. The third-order valence-electron chi connectivity index (χ3n) is 7.60. The largest absolute Gasteiger partial charge is 0.491 e. The number of ether oxygens (including phenoxy) is 1. The van der Waals surface area contributed by atoms with Gasteiger partial charge in [0.2, 0.25) is 5.95 Å². The number of carbonyl (C=O) groups is 1. The van der Waals surface area contributed by atoms with Gasteiger partial charge in [-0.1, -0.05) is 6.07 Å². The van der Waals surface area contributed by atoms with E-state index in [-0.39, 0.29) is 30.2 Å². The minimum absolute atomic E-state index is 0.0136. The molecule has 3 aromatic rings. The second-order valence-electron chi connectivity index (χ2n) is 10.4. The number of benzene rings is 1. The molecule has 1 unspecified atom stereocenters. The molecule has 1 saturated carbocycles. The molecule has 8 nitrogen and oxygen atoms in total. The van der Waals surface area contributed by atoms with Crippen LogP contribution in [0.15, 0.2) is 36.8 Å². The molecule has 0 bridgehead atoms. The van der Waals surface area contributed by atoms with Crippen LogP contribution in [0.3, 0.4) is 0 Å². The van der Waals surface area contributed by atoms with Gasteiger partial charge in [0.15, 0.2) is 11.6 Å². The highest BCUT2D eigenvalue weighted by Crippen LogP contribution is 2.55. The molecule has 1 aromatic carbocycles. The first-order valence-corrected chi connectivity index (χ1v) is 13.3. The average molecular weight is 561 g/mol. The Bertz CT molecular complexity index is 1400. The fourth-order valence-corrected chi connectivity index (χ4v) is 5.59. The standard InChI is InChI=1S/C28H32F4N6O2/c1-4-40-23-11-22(36-13-21(23)29)17(2)38-16-27(5-6-27)24-19(12-34-15-28(30,31)32)9-18(10-20(24)25(38)39)14-37-8-7-35-26(37)33-3/h7-11,13,17,34H,4-6,12,14-16H2,1-3H3,(H,33,35). The Hall–Kier alpha value is -3.67. The molecule has 2 aliphatic rings. The molecule has 1 amide bonds. The summed E-state index contributed by atoms with van der Waals surface area (Å²) in [7, 11) is 1.75. The topological polar surface area (TPSA) is 84.3 Å². The van der Waals surface area contributed by atoms with Crippen molar-refractivity contribution in [3.8, 4) is 5.75 Å². The summed E-state index contributed by atoms with van der Waals surface area (Å²) in [6, 6.07) is 4.78. The predicted octanol–water partition coefficient (Wildman–Crippen LogP) is 4.81. The van der Waals surface area contributed by atoms with Crippen LogP contribution in [0, 0.1) is 5.82 Å². The molecular formula is C28H32F4N6O2. The van der Waals surface area contributed by atoms with Crippen LogP contribution in [0.2, 0.25) is 0 Å². The molecule has 1 spiro atoms. The lowest BCUT2D eigenvalue weighted by atomic mass is 9.81. The summed E-state index contributed by atoms with van der Waals surface area (Å²) in [6.07, 6.45) is 1.82. The van der Waals surface area contributed by atoms with Gasteiger partial charge in [-0.25, -0.2) is 9.37 Å². The molecule has 2 N–H and O–H groups in total. The van der Waals surface area contributed by atoms with Crippen LogP contribution in [0.4, 0.5) is 23.5 Å². The van der Waals surface area contributed by atoms with Gasteiger partial charge in [-0.05, 0) is 49.4 Å². The van der Waals surface area contributed by atoms with Crippen molar-refractivity contribution >= 4 is 11.9 Å². The van der Waals surface area contributed by atoms with Crippen LogP contribution < -0.4 is 15.4 Å². The van der Waals surface area contributed by atoms with E-state index in [1.165, 1.54) is 6.07 Å². The van der Waals surface area contributed by atoms with E-state index in [4.69, 9.17) is 4.74 Å². The van der Waals surface area contributed by atoms with E-state index in [0.29, 0.717) is 35.9 Å². The zero-order valence-electron chi connectivity index (χ0n) is 22.6. The molecular weight excluding hydrogens is 528 g/mol. The van der Waals surface area contributed by atoms with E-state index in [1.807, 2.05) is 23.6 Å². The quantitative estimate of drug-likeness (QED) is 0.347. The molecule has 1 aliphatic carbocycles. The van der Waals surface area contributed by atoms with Crippen molar-refractivity contribution in [1.82, 2.24) is 24.8 Å². The second-order valence-corrected chi connectivity index (χ2v) is 10.4. The first kappa shape index (κ1) is 27.9. The first-order valence-electron chi connectivity index (χ1n) is 13.3. The Morgan fingerprint density at radius 3 is 2.65 bits per heavy atom. The molecule has 5 rings (SSSR count). The van der Waals surface area contributed by atoms with Crippen molar-refractivity contribution in [1.29, 1.82) is 0 Å². The maximum absolute atomic E-state index is 14.2. The van der Waals surface area contributed by atoms with E-state index < -0.39 is 24.6 Å². The monoisotopic (exact) mass is 560 g/mol. The highest BCUT2D eigenvalue weighted by molar-refractivity contribution is 5.98. The SMILES string of the molecule is CCOc1cc(C(C)N2CC3(CC3)c3c(CNCC(F)(F)F)cc(Cn4ccnc4NC)cc3C2=O)ncc1F. The Morgan fingerprint density at radius 2 is 1.98 bits per heavy atom. The van der Waals surface area contributed by atoms with Crippen LogP contribution >= 0.6 is 0 Å². The van der Waals surface area contributed by atoms with Crippen LogP contribution in [0.1, 0.15) is 65.5 Å². The number of nitrogens with one attached hydrogen (secondary N) is 2. The number of anilines is 1. The van der Waals surface area contributed by atoms with Gasteiger partial charge in [0, 0.05) is 49.6 Å². The Kier molecular flexibility index (Phi) is 7.47. The van der Waals surface area contributed by atoms with Gasteiger partial charge in [-0.2, -0.15) is 13.2 Å². The summed E-state index contributed by atoms with van der Waals surface area (Å²) in [5.41, 5.74) is 2.92. The Labute approximate surface area is 229 Å². The summed E-state index contributed by atoms with van der Waals surface area (Å²) >= 11 is 0. The van der Waals surface area contributed by atoms with Gasteiger partial charge in [0.1, 0.15) is 0 Å². The van der Waals surface area contributed by atoms with E-state index in [1.54, 1.807) is 31.3 Å². The lowest BCUT2D eigenvalue weighted by Gasteiger charge is -2.39. The molecule has 12 heteroatoms. The van der Waals surface area contributed by atoms with Gasteiger partial charge in [-0.3, -0.25) is 9.78 Å². The number of nitrogens with zero attached hydrogens (tertiary/aromatic N) is 4. The number of rotatable bonds is 10. The van der Waals surface area contributed by atoms with E-state index in [0.717, 1.165) is 30.2 Å². The average Bonchev–Trinajstić information content (AvgIpc) is 3.53. The molecule has 0 saturated heterocycles. The number of aromatic nitrogens is 3. The minimum Gasteiger partial charge on any atom is -0.491 e. The van der Waals surface area contributed by atoms with Crippen LogP contribution in [-0.4, -0.2) is 58.3 Å². The highest BCUT2D eigenvalue weighted by Gasteiger charge is 2.53. The van der Waals surface area contributed by atoms with Crippen LogP contribution in [0.5, 0.6) is 5.75 Å². The first-order chi connectivity index (χ1) is 19.0. The van der Waals surface area contributed by atoms with Gasteiger partial charge in [-0.15, -0.1) is 0 Å². The third-order valence-corrected chi connectivity index (χ3v) is 7.60. The number of amides is 1. The zero-order valence-corrected chi connectivity index (χ0v) is 22.6. The second kappa shape index (κ2) is 10.7. The number of hydrogen-bond acceptors (Lipinski definition) is 6. The molecule has 40 heavy (non-hydrogen) atoms. The lowest BCUT2D eigenvalue weighted by molar-refractivity contribution is -0.125. The Morgan fingerprint density at radius 1 is 1.20 bits per heavy atom. The number of pyridine rings is 1. The van der Waals surface area contributed by atoms with E-state index in [9.17, 15) is 22.4 Å². The van der Waals surface area contributed by atoms with Crippen LogP contribution in [0.25, 0.3) is 0 Å².